The summed E-state index contributed by atoms with van der Waals surface area (Å²) in [5.74, 6) is 0.994. The predicted molar refractivity (Wildman–Crippen MR) is 94.1 cm³/mol. The minimum atomic E-state index is 0.00949. The third-order valence-corrected chi connectivity index (χ3v) is 5.08. The van der Waals surface area contributed by atoms with Crippen LogP contribution in [-0.2, 0) is 12.5 Å². The van der Waals surface area contributed by atoms with Gasteiger partial charge >= 0.3 is 0 Å². The second kappa shape index (κ2) is 5.54. The van der Waals surface area contributed by atoms with Crippen molar-refractivity contribution in [2.24, 2.45) is 7.05 Å². The van der Waals surface area contributed by atoms with E-state index in [1.807, 2.05) is 24.7 Å². The molecular formula is C18H22N6. The van der Waals surface area contributed by atoms with Gasteiger partial charge in [0, 0.05) is 37.1 Å². The Kier molecular flexibility index (Phi) is 3.48. The zero-order valence-electron chi connectivity index (χ0n) is 14.4. The van der Waals surface area contributed by atoms with Crippen LogP contribution in [0, 0.1) is 6.92 Å². The molecule has 1 aliphatic heterocycles. The van der Waals surface area contributed by atoms with Gasteiger partial charge in [-0.15, -0.1) is 0 Å². The van der Waals surface area contributed by atoms with Crippen molar-refractivity contribution in [2.75, 3.05) is 18.0 Å². The number of aromatic nitrogens is 5. The topological polar surface area (TPSA) is 59.7 Å². The molecule has 3 aromatic rings. The molecule has 0 spiro atoms. The largest absolute Gasteiger partial charge is 0.356 e. The Balaban J connectivity index is 1.70. The molecule has 0 N–H and O–H groups in total. The summed E-state index contributed by atoms with van der Waals surface area (Å²) in [6.45, 7) is 6.28. The first-order valence-corrected chi connectivity index (χ1v) is 8.39. The van der Waals surface area contributed by atoms with Crippen LogP contribution in [0.15, 0.2) is 30.7 Å². The maximum atomic E-state index is 4.96. The number of piperidine rings is 1. The van der Waals surface area contributed by atoms with Crippen molar-refractivity contribution >= 4 is 16.9 Å². The molecule has 1 atom stereocenters. The second-order valence-electron chi connectivity index (χ2n) is 6.93. The Bertz CT molecular complexity index is 872. The molecular weight excluding hydrogens is 300 g/mol. The molecule has 124 valence electrons. The molecule has 1 saturated heterocycles. The maximum absolute atomic E-state index is 4.96. The number of nitrogens with zero attached hydrogens (tertiary/aromatic N) is 6. The Morgan fingerprint density at radius 1 is 1.21 bits per heavy atom. The van der Waals surface area contributed by atoms with E-state index in [0.29, 0.717) is 0 Å². The average molecular weight is 322 g/mol. The zero-order valence-corrected chi connectivity index (χ0v) is 14.4. The van der Waals surface area contributed by atoms with Gasteiger partial charge in [-0.25, -0.2) is 15.0 Å². The highest BCUT2D eigenvalue weighted by atomic mass is 15.3. The summed E-state index contributed by atoms with van der Waals surface area (Å²) in [7, 11) is 1.96. The van der Waals surface area contributed by atoms with Crippen molar-refractivity contribution in [3.63, 3.8) is 0 Å². The molecule has 4 rings (SSSR count). The molecule has 3 aromatic heterocycles. The van der Waals surface area contributed by atoms with Crippen LogP contribution in [-0.4, -0.2) is 37.8 Å². The van der Waals surface area contributed by atoms with E-state index >= 15 is 0 Å². The number of pyridine rings is 1. The SMILES string of the molecule is Cc1nn(C)c2nc([C@]3(C)CCCN(c4ccncn4)C3)ccc12. The molecule has 6 nitrogen and oxygen atoms in total. The van der Waals surface area contributed by atoms with E-state index in [9.17, 15) is 0 Å². The summed E-state index contributed by atoms with van der Waals surface area (Å²) in [5, 5.41) is 5.62. The van der Waals surface area contributed by atoms with E-state index in [0.717, 1.165) is 54.2 Å². The van der Waals surface area contributed by atoms with E-state index in [1.165, 1.54) is 0 Å². The third-order valence-electron chi connectivity index (χ3n) is 5.08. The van der Waals surface area contributed by atoms with E-state index in [2.05, 4.69) is 39.0 Å². The van der Waals surface area contributed by atoms with Crippen molar-refractivity contribution in [3.8, 4) is 0 Å². The summed E-state index contributed by atoms with van der Waals surface area (Å²) in [4.78, 5) is 15.7. The van der Waals surface area contributed by atoms with Crippen LogP contribution >= 0.6 is 0 Å². The average Bonchev–Trinajstić information content (AvgIpc) is 2.90. The Labute approximate surface area is 141 Å². The van der Waals surface area contributed by atoms with Crippen LogP contribution in [0.5, 0.6) is 0 Å². The first-order valence-electron chi connectivity index (χ1n) is 8.39. The van der Waals surface area contributed by atoms with Crippen LogP contribution in [0.4, 0.5) is 5.82 Å². The first kappa shape index (κ1) is 15.1. The molecule has 6 heteroatoms. The van der Waals surface area contributed by atoms with E-state index in [1.54, 1.807) is 12.5 Å². The highest BCUT2D eigenvalue weighted by molar-refractivity contribution is 5.78. The molecule has 0 radical (unpaired) electrons. The molecule has 0 aromatic carbocycles. The molecule has 1 fully saturated rings. The lowest BCUT2D eigenvalue weighted by molar-refractivity contribution is 0.364. The quantitative estimate of drug-likeness (QED) is 0.726. The maximum Gasteiger partial charge on any atom is 0.158 e. The summed E-state index contributed by atoms with van der Waals surface area (Å²) in [5.41, 5.74) is 3.14. The van der Waals surface area contributed by atoms with Gasteiger partial charge in [0.15, 0.2) is 5.65 Å². The number of aryl methyl sites for hydroxylation is 2. The zero-order chi connectivity index (χ0) is 16.7. The van der Waals surface area contributed by atoms with Gasteiger partial charge in [-0.3, -0.25) is 4.68 Å². The summed E-state index contributed by atoms with van der Waals surface area (Å²) < 4.78 is 1.88. The Morgan fingerprint density at radius 2 is 2.08 bits per heavy atom. The molecule has 1 aliphatic rings. The number of hydrogen-bond donors (Lipinski definition) is 0. The van der Waals surface area contributed by atoms with Gasteiger partial charge in [-0.2, -0.15) is 5.10 Å². The van der Waals surface area contributed by atoms with Gasteiger partial charge in [-0.1, -0.05) is 6.92 Å². The van der Waals surface area contributed by atoms with Gasteiger partial charge in [0.25, 0.3) is 0 Å². The number of rotatable bonds is 2. The van der Waals surface area contributed by atoms with Gasteiger partial charge in [0.2, 0.25) is 0 Å². The lowest BCUT2D eigenvalue weighted by Gasteiger charge is -2.40. The summed E-state index contributed by atoms with van der Waals surface area (Å²) >= 11 is 0. The third kappa shape index (κ3) is 2.42. The van der Waals surface area contributed by atoms with E-state index in [-0.39, 0.29) is 5.41 Å². The number of hydrogen-bond acceptors (Lipinski definition) is 5. The lowest BCUT2D eigenvalue weighted by atomic mass is 9.78. The fraction of sp³-hybridized carbons (Fsp3) is 0.444. The monoisotopic (exact) mass is 322 g/mol. The first-order chi connectivity index (χ1) is 11.6. The second-order valence-corrected chi connectivity index (χ2v) is 6.93. The lowest BCUT2D eigenvalue weighted by Crippen LogP contribution is -2.45. The van der Waals surface area contributed by atoms with Gasteiger partial charge < -0.3 is 4.90 Å². The van der Waals surface area contributed by atoms with Crippen molar-refractivity contribution < 1.29 is 0 Å². The molecule has 4 heterocycles. The normalized spacial score (nSPS) is 21.4. The molecule has 0 amide bonds. The summed E-state index contributed by atoms with van der Waals surface area (Å²) in [6, 6.07) is 6.31. The van der Waals surface area contributed by atoms with E-state index in [4.69, 9.17) is 4.98 Å². The molecule has 0 aliphatic carbocycles. The van der Waals surface area contributed by atoms with Crippen molar-refractivity contribution in [2.45, 2.75) is 32.1 Å². The number of fused-ring (bicyclic) bond motifs is 1. The standard InChI is InChI=1S/C18H22N6/c1-13-14-5-6-15(21-17(14)23(3)22-13)18(2)8-4-10-24(11-18)16-7-9-19-12-20-16/h5-7,9,12H,4,8,10-11H2,1-3H3/t18-/m1/s1. The molecule has 0 bridgehead atoms. The van der Waals surface area contributed by atoms with Gasteiger partial charge in [0.1, 0.15) is 12.1 Å². The molecule has 0 unspecified atom stereocenters. The summed E-state index contributed by atoms with van der Waals surface area (Å²) in [6.07, 6.45) is 5.68. The van der Waals surface area contributed by atoms with Crippen LogP contribution in [0.1, 0.15) is 31.2 Å². The van der Waals surface area contributed by atoms with Crippen molar-refractivity contribution in [1.29, 1.82) is 0 Å². The fourth-order valence-corrected chi connectivity index (χ4v) is 3.75. The van der Waals surface area contributed by atoms with Crippen molar-refractivity contribution in [1.82, 2.24) is 24.7 Å². The van der Waals surface area contributed by atoms with Gasteiger partial charge in [0.05, 0.1) is 11.4 Å². The van der Waals surface area contributed by atoms with Crippen LogP contribution in [0.25, 0.3) is 11.0 Å². The molecule has 24 heavy (non-hydrogen) atoms. The van der Waals surface area contributed by atoms with E-state index < -0.39 is 0 Å². The van der Waals surface area contributed by atoms with Gasteiger partial charge in [-0.05, 0) is 38.0 Å². The smallest absolute Gasteiger partial charge is 0.158 e. The Morgan fingerprint density at radius 3 is 2.88 bits per heavy atom. The number of anilines is 1. The highest BCUT2D eigenvalue weighted by Gasteiger charge is 2.34. The highest BCUT2D eigenvalue weighted by Crippen LogP contribution is 2.35. The van der Waals surface area contributed by atoms with Crippen molar-refractivity contribution in [3.05, 3.63) is 42.1 Å². The minimum Gasteiger partial charge on any atom is -0.356 e. The van der Waals surface area contributed by atoms with Crippen LogP contribution < -0.4 is 4.90 Å². The fourth-order valence-electron chi connectivity index (χ4n) is 3.75. The van der Waals surface area contributed by atoms with Crippen LogP contribution in [0.2, 0.25) is 0 Å². The minimum absolute atomic E-state index is 0.00949. The van der Waals surface area contributed by atoms with Crippen LogP contribution in [0.3, 0.4) is 0 Å². The predicted octanol–water partition coefficient (Wildman–Crippen LogP) is 2.62. The molecule has 0 saturated carbocycles. The Hall–Kier alpha value is -2.50.